The highest BCUT2D eigenvalue weighted by Crippen LogP contribution is 2.43. The molecule has 0 saturated heterocycles. The fraction of sp³-hybridized carbons (Fsp3) is 0.333. The lowest BCUT2D eigenvalue weighted by molar-refractivity contribution is -0.116. The number of carbonyl (C=O) groups excluding carboxylic acids is 1. The van der Waals surface area contributed by atoms with Crippen molar-refractivity contribution >= 4 is 15.6 Å². The van der Waals surface area contributed by atoms with Gasteiger partial charge in [-0.2, -0.15) is 5.26 Å². The van der Waals surface area contributed by atoms with Crippen molar-refractivity contribution in [1.82, 2.24) is 5.32 Å². The fourth-order valence-corrected chi connectivity index (χ4v) is 4.85. The third kappa shape index (κ3) is 2.76. The van der Waals surface area contributed by atoms with Crippen molar-refractivity contribution in [3.63, 3.8) is 0 Å². The molecule has 1 aromatic carbocycles. The summed E-state index contributed by atoms with van der Waals surface area (Å²) in [5.74, 6) is -0.665. The minimum absolute atomic E-state index is 0.0234. The molecule has 0 aromatic heterocycles. The largest absolute Gasteiger partial charge is 0.361 e. The minimum Gasteiger partial charge on any atom is -0.361 e. The zero-order valence-electron chi connectivity index (χ0n) is 13.6. The summed E-state index contributed by atoms with van der Waals surface area (Å²) in [6.07, 6.45) is 3.07. The van der Waals surface area contributed by atoms with E-state index in [1.165, 1.54) is 0 Å². The molecule has 3 rings (SSSR count). The van der Waals surface area contributed by atoms with E-state index in [0.29, 0.717) is 28.8 Å². The number of ketones is 1. The molecule has 6 heteroatoms. The summed E-state index contributed by atoms with van der Waals surface area (Å²) in [6, 6.07) is 8.91. The number of nitrogens with zero attached hydrogens (tertiary/aromatic N) is 1. The van der Waals surface area contributed by atoms with Crippen LogP contribution in [0, 0.1) is 11.3 Å². The average Bonchev–Trinajstić information content (AvgIpc) is 2.52. The Bertz CT molecular complexity index is 933. The number of carbonyl (C=O) groups is 1. The summed E-state index contributed by atoms with van der Waals surface area (Å²) in [7, 11) is -3.52. The number of Topliss-reactive ketones (excluding diaryl/α,β-unsaturated/α-hetero) is 1. The molecule has 1 aromatic rings. The predicted molar refractivity (Wildman–Crippen MR) is 90.5 cm³/mol. The summed E-state index contributed by atoms with van der Waals surface area (Å²) < 4.78 is 24.8. The van der Waals surface area contributed by atoms with Crippen LogP contribution in [0.3, 0.4) is 0 Å². The van der Waals surface area contributed by atoms with Crippen molar-refractivity contribution in [3.05, 3.63) is 57.3 Å². The van der Waals surface area contributed by atoms with Gasteiger partial charge in [0.1, 0.15) is 0 Å². The molecule has 1 aliphatic carbocycles. The molecule has 0 amide bonds. The van der Waals surface area contributed by atoms with Gasteiger partial charge in [0.15, 0.2) is 15.6 Å². The monoisotopic (exact) mass is 342 g/mol. The van der Waals surface area contributed by atoms with Crippen LogP contribution in [0.2, 0.25) is 0 Å². The van der Waals surface area contributed by atoms with Crippen LogP contribution < -0.4 is 5.32 Å². The normalized spacial score (nSPS) is 21.2. The third-order valence-corrected chi connectivity index (χ3v) is 5.80. The zero-order chi connectivity index (χ0) is 17.5. The summed E-state index contributed by atoms with van der Waals surface area (Å²) in [6.45, 7) is 1.72. The molecule has 24 heavy (non-hydrogen) atoms. The predicted octanol–water partition coefficient (Wildman–Crippen LogP) is 2.53. The van der Waals surface area contributed by atoms with Crippen molar-refractivity contribution in [2.75, 3.05) is 6.26 Å². The highest BCUT2D eigenvalue weighted by molar-refractivity contribution is 7.94. The van der Waals surface area contributed by atoms with Crippen LogP contribution in [0.5, 0.6) is 0 Å². The summed E-state index contributed by atoms with van der Waals surface area (Å²) in [5.41, 5.74) is 3.00. The molecule has 1 unspecified atom stereocenters. The number of nitriles is 1. The van der Waals surface area contributed by atoms with E-state index in [1.54, 1.807) is 31.2 Å². The second kappa shape index (κ2) is 5.91. The Labute approximate surface area is 141 Å². The molecule has 2 aliphatic rings. The van der Waals surface area contributed by atoms with E-state index in [0.717, 1.165) is 24.8 Å². The second-order valence-electron chi connectivity index (χ2n) is 6.23. The SMILES string of the molecule is CC1=C(S(C)(=O)=O)C(c2cccc(C#N)c2)C2=C(CCCC2=O)N1. The first-order chi connectivity index (χ1) is 11.3. The lowest BCUT2D eigenvalue weighted by atomic mass is 9.79. The molecule has 5 nitrogen and oxygen atoms in total. The maximum absolute atomic E-state index is 12.6. The van der Waals surface area contributed by atoms with Crippen LogP contribution in [0.15, 0.2) is 46.1 Å². The summed E-state index contributed by atoms with van der Waals surface area (Å²) in [5, 5.41) is 12.3. The van der Waals surface area contributed by atoms with Gasteiger partial charge in [0.2, 0.25) is 0 Å². The number of hydrogen-bond donors (Lipinski definition) is 1. The topological polar surface area (TPSA) is 87.0 Å². The van der Waals surface area contributed by atoms with Crippen molar-refractivity contribution in [2.45, 2.75) is 32.1 Å². The van der Waals surface area contributed by atoms with Crippen molar-refractivity contribution in [3.8, 4) is 6.07 Å². The van der Waals surface area contributed by atoms with Gasteiger partial charge in [0.05, 0.1) is 22.5 Å². The molecule has 0 spiro atoms. The Morgan fingerprint density at radius 3 is 2.71 bits per heavy atom. The Hall–Kier alpha value is -2.39. The van der Waals surface area contributed by atoms with Crippen LogP contribution in [0.4, 0.5) is 0 Å². The van der Waals surface area contributed by atoms with E-state index in [2.05, 4.69) is 11.4 Å². The average molecular weight is 342 g/mol. The standard InChI is InChI=1S/C18H18N2O3S/c1-11-18(24(2,22)23)16(13-6-3-5-12(9-13)10-19)17-14(20-11)7-4-8-15(17)21/h3,5-6,9,16,20H,4,7-8H2,1-2H3. The molecule has 0 radical (unpaired) electrons. The molecule has 0 saturated carbocycles. The lowest BCUT2D eigenvalue weighted by Gasteiger charge is -2.34. The number of hydrogen-bond acceptors (Lipinski definition) is 5. The molecule has 1 N–H and O–H groups in total. The molecule has 124 valence electrons. The number of nitrogens with one attached hydrogen (secondary N) is 1. The highest BCUT2D eigenvalue weighted by atomic mass is 32.2. The quantitative estimate of drug-likeness (QED) is 0.892. The van der Waals surface area contributed by atoms with Gasteiger partial charge < -0.3 is 5.32 Å². The molecular formula is C18H18N2O3S. The van der Waals surface area contributed by atoms with Crippen LogP contribution in [0.25, 0.3) is 0 Å². The van der Waals surface area contributed by atoms with Gasteiger partial charge in [0.25, 0.3) is 0 Å². The summed E-state index contributed by atoms with van der Waals surface area (Å²) >= 11 is 0. The first-order valence-electron chi connectivity index (χ1n) is 7.77. The number of dihydropyridines is 1. The van der Waals surface area contributed by atoms with Crippen LogP contribution >= 0.6 is 0 Å². The summed E-state index contributed by atoms with van der Waals surface area (Å²) in [4.78, 5) is 12.8. The van der Waals surface area contributed by atoms with E-state index < -0.39 is 15.8 Å². The Balaban J connectivity index is 2.28. The third-order valence-electron chi connectivity index (χ3n) is 4.46. The van der Waals surface area contributed by atoms with Crippen LogP contribution in [-0.4, -0.2) is 20.5 Å². The lowest BCUT2D eigenvalue weighted by Crippen LogP contribution is -2.33. The number of allylic oxidation sites excluding steroid dienone is 4. The maximum atomic E-state index is 12.6. The van der Waals surface area contributed by atoms with Gasteiger partial charge >= 0.3 is 0 Å². The van der Waals surface area contributed by atoms with E-state index in [1.807, 2.05) is 0 Å². The van der Waals surface area contributed by atoms with Crippen molar-refractivity contribution < 1.29 is 13.2 Å². The smallest absolute Gasteiger partial charge is 0.174 e. The Morgan fingerprint density at radius 1 is 1.29 bits per heavy atom. The number of rotatable bonds is 2. The number of benzene rings is 1. The molecule has 1 aliphatic heterocycles. The van der Waals surface area contributed by atoms with Crippen LogP contribution in [-0.2, 0) is 14.6 Å². The minimum atomic E-state index is -3.52. The second-order valence-corrected chi connectivity index (χ2v) is 8.21. The van der Waals surface area contributed by atoms with E-state index in [4.69, 9.17) is 5.26 Å². The Kier molecular flexibility index (Phi) is 4.06. The van der Waals surface area contributed by atoms with Crippen molar-refractivity contribution in [1.29, 1.82) is 5.26 Å². The molecule has 0 bridgehead atoms. The fourth-order valence-electron chi connectivity index (χ4n) is 3.56. The van der Waals surface area contributed by atoms with E-state index in [-0.39, 0.29) is 10.7 Å². The van der Waals surface area contributed by atoms with Crippen molar-refractivity contribution in [2.24, 2.45) is 0 Å². The Morgan fingerprint density at radius 2 is 2.04 bits per heavy atom. The first kappa shape index (κ1) is 16.5. The van der Waals surface area contributed by atoms with Gasteiger partial charge in [0, 0.05) is 29.6 Å². The first-order valence-corrected chi connectivity index (χ1v) is 9.66. The van der Waals surface area contributed by atoms with Gasteiger partial charge in [-0.05, 0) is 37.5 Å². The van der Waals surface area contributed by atoms with Gasteiger partial charge in [-0.1, -0.05) is 12.1 Å². The van der Waals surface area contributed by atoms with Crippen LogP contribution in [0.1, 0.15) is 43.2 Å². The van der Waals surface area contributed by atoms with Gasteiger partial charge in [-0.15, -0.1) is 0 Å². The molecule has 0 fully saturated rings. The number of sulfone groups is 1. The maximum Gasteiger partial charge on any atom is 0.174 e. The van der Waals surface area contributed by atoms with Gasteiger partial charge in [-0.3, -0.25) is 4.79 Å². The van der Waals surface area contributed by atoms with E-state index >= 15 is 0 Å². The highest BCUT2D eigenvalue weighted by Gasteiger charge is 2.39. The molecular weight excluding hydrogens is 324 g/mol. The zero-order valence-corrected chi connectivity index (χ0v) is 14.4. The molecule has 1 atom stereocenters. The molecule has 1 heterocycles. The van der Waals surface area contributed by atoms with E-state index in [9.17, 15) is 13.2 Å². The van der Waals surface area contributed by atoms with Gasteiger partial charge in [-0.25, -0.2) is 8.42 Å².